The van der Waals surface area contributed by atoms with Crippen molar-refractivity contribution < 1.29 is 14.3 Å². The molecular weight excluding hydrogens is 270 g/mol. The van der Waals surface area contributed by atoms with E-state index in [9.17, 15) is 9.59 Å². The highest BCUT2D eigenvalue weighted by Crippen LogP contribution is 2.22. The van der Waals surface area contributed by atoms with Crippen molar-refractivity contribution in [2.75, 3.05) is 12.4 Å². The van der Waals surface area contributed by atoms with E-state index in [2.05, 4.69) is 15.3 Å². The summed E-state index contributed by atoms with van der Waals surface area (Å²) in [7, 11) is 1.33. The van der Waals surface area contributed by atoms with Gasteiger partial charge in [-0.3, -0.25) is 9.78 Å². The average molecular weight is 285 g/mol. The van der Waals surface area contributed by atoms with E-state index < -0.39 is 5.97 Å². The SMILES string of the molecule is CCc1c(NC(=O)c2cnccn2)cccc1C(=O)OC. The molecule has 6 nitrogen and oxygen atoms in total. The van der Waals surface area contributed by atoms with E-state index in [0.717, 1.165) is 5.56 Å². The molecule has 2 rings (SSSR count). The Labute approximate surface area is 122 Å². The number of esters is 1. The van der Waals surface area contributed by atoms with Crippen LogP contribution in [0.4, 0.5) is 5.69 Å². The zero-order valence-corrected chi connectivity index (χ0v) is 11.8. The molecule has 1 amide bonds. The molecule has 21 heavy (non-hydrogen) atoms. The fourth-order valence-corrected chi connectivity index (χ4v) is 1.99. The van der Waals surface area contributed by atoms with Gasteiger partial charge in [-0.2, -0.15) is 0 Å². The van der Waals surface area contributed by atoms with Crippen molar-refractivity contribution >= 4 is 17.6 Å². The maximum Gasteiger partial charge on any atom is 0.338 e. The van der Waals surface area contributed by atoms with Gasteiger partial charge in [-0.15, -0.1) is 0 Å². The van der Waals surface area contributed by atoms with Crippen LogP contribution in [0.5, 0.6) is 0 Å². The molecule has 2 aromatic rings. The van der Waals surface area contributed by atoms with Crippen LogP contribution in [0.2, 0.25) is 0 Å². The number of carbonyl (C=O) groups is 2. The molecule has 1 aromatic carbocycles. The number of hydrogen-bond acceptors (Lipinski definition) is 5. The normalized spacial score (nSPS) is 10.0. The summed E-state index contributed by atoms with van der Waals surface area (Å²) in [6.45, 7) is 1.90. The highest BCUT2D eigenvalue weighted by molar-refractivity contribution is 6.04. The zero-order valence-electron chi connectivity index (χ0n) is 11.8. The van der Waals surface area contributed by atoms with Gasteiger partial charge >= 0.3 is 5.97 Å². The quantitative estimate of drug-likeness (QED) is 0.870. The fraction of sp³-hybridized carbons (Fsp3) is 0.200. The lowest BCUT2D eigenvalue weighted by molar-refractivity contribution is 0.0599. The molecular formula is C15H15N3O3. The maximum atomic E-state index is 12.1. The van der Waals surface area contributed by atoms with Crippen LogP contribution in [0.15, 0.2) is 36.8 Å². The number of rotatable bonds is 4. The molecule has 0 aliphatic rings. The Bertz CT molecular complexity index is 656. The summed E-state index contributed by atoms with van der Waals surface area (Å²) >= 11 is 0. The summed E-state index contributed by atoms with van der Waals surface area (Å²) in [5, 5.41) is 2.75. The standard InChI is InChI=1S/C15H15N3O3/c1-3-10-11(15(20)21-2)5-4-6-12(10)18-14(19)13-9-16-7-8-17-13/h4-9H,3H2,1-2H3,(H,18,19). The molecule has 0 unspecified atom stereocenters. The van der Waals surface area contributed by atoms with Gasteiger partial charge in [0.1, 0.15) is 5.69 Å². The smallest absolute Gasteiger partial charge is 0.338 e. The van der Waals surface area contributed by atoms with Crippen molar-refractivity contribution in [3.05, 3.63) is 53.6 Å². The summed E-state index contributed by atoms with van der Waals surface area (Å²) in [6.07, 6.45) is 4.90. The largest absolute Gasteiger partial charge is 0.465 e. The van der Waals surface area contributed by atoms with Crippen LogP contribution in [0.3, 0.4) is 0 Å². The van der Waals surface area contributed by atoms with Gasteiger partial charge < -0.3 is 10.1 Å². The van der Waals surface area contributed by atoms with Crippen LogP contribution < -0.4 is 5.32 Å². The lowest BCUT2D eigenvalue weighted by Crippen LogP contribution is -2.16. The van der Waals surface area contributed by atoms with E-state index in [-0.39, 0.29) is 11.6 Å². The monoisotopic (exact) mass is 285 g/mol. The Kier molecular flexibility index (Phi) is 4.61. The van der Waals surface area contributed by atoms with E-state index >= 15 is 0 Å². The number of anilines is 1. The molecule has 0 atom stereocenters. The predicted molar refractivity (Wildman–Crippen MR) is 77.1 cm³/mol. The molecule has 6 heteroatoms. The number of carbonyl (C=O) groups excluding carboxylic acids is 2. The first-order chi connectivity index (χ1) is 10.2. The van der Waals surface area contributed by atoms with Gasteiger partial charge in [0.05, 0.1) is 18.9 Å². The molecule has 0 saturated carbocycles. The Morgan fingerprint density at radius 1 is 1.29 bits per heavy atom. The van der Waals surface area contributed by atoms with Crippen molar-refractivity contribution in [1.82, 2.24) is 9.97 Å². The van der Waals surface area contributed by atoms with E-state index in [0.29, 0.717) is 17.7 Å². The number of benzene rings is 1. The summed E-state index contributed by atoms with van der Waals surface area (Å²) in [5.74, 6) is -0.803. The number of nitrogens with one attached hydrogen (secondary N) is 1. The maximum absolute atomic E-state index is 12.1. The van der Waals surface area contributed by atoms with Gasteiger partial charge in [-0.05, 0) is 24.1 Å². The second-order valence-corrected chi connectivity index (χ2v) is 4.22. The number of methoxy groups -OCH3 is 1. The molecule has 1 aromatic heterocycles. The fourth-order valence-electron chi connectivity index (χ4n) is 1.99. The van der Waals surface area contributed by atoms with Gasteiger partial charge in [-0.1, -0.05) is 13.0 Å². The molecule has 108 valence electrons. The van der Waals surface area contributed by atoms with Gasteiger partial charge in [0.25, 0.3) is 5.91 Å². The van der Waals surface area contributed by atoms with Crippen molar-refractivity contribution in [2.24, 2.45) is 0 Å². The number of aromatic nitrogens is 2. The van der Waals surface area contributed by atoms with Crippen LogP contribution in [-0.2, 0) is 11.2 Å². The number of hydrogen-bond donors (Lipinski definition) is 1. The third-order valence-corrected chi connectivity index (χ3v) is 2.98. The third-order valence-electron chi connectivity index (χ3n) is 2.98. The molecule has 0 fully saturated rings. The first kappa shape index (κ1) is 14.6. The van der Waals surface area contributed by atoms with E-state index in [1.165, 1.54) is 25.7 Å². The predicted octanol–water partition coefficient (Wildman–Crippen LogP) is 2.08. The lowest BCUT2D eigenvalue weighted by Gasteiger charge is -2.12. The van der Waals surface area contributed by atoms with Crippen molar-refractivity contribution in [2.45, 2.75) is 13.3 Å². The number of nitrogens with zero attached hydrogens (tertiary/aromatic N) is 2. The van der Waals surface area contributed by atoms with E-state index in [4.69, 9.17) is 4.74 Å². The van der Waals surface area contributed by atoms with Crippen molar-refractivity contribution in [3.63, 3.8) is 0 Å². The zero-order chi connectivity index (χ0) is 15.2. The molecule has 0 aliphatic carbocycles. The van der Waals surface area contributed by atoms with Gasteiger partial charge in [-0.25, -0.2) is 9.78 Å². The van der Waals surface area contributed by atoms with Crippen LogP contribution in [-0.4, -0.2) is 29.0 Å². The molecule has 0 radical (unpaired) electrons. The van der Waals surface area contributed by atoms with Crippen LogP contribution in [0.25, 0.3) is 0 Å². The third kappa shape index (κ3) is 3.22. The molecule has 0 saturated heterocycles. The second-order valence-electron chi connectivity index (χ2n) is 4.22. The summed E-state index contributed by atoms with van der Waals surface area (Å²) < 4.78 is 4.75. The summed E-state index contributed by atoms with van der Waals surface area (Å²) in [6, 6.07) is 5.10. The Morgan fingerprint density at radius 3 is 2.71 bits per heavy atom. The van der Waals surface area contributed by atoms with E-state index in [1.54, 1.807) is 18.2 Å². The highest BCUT2D eigenvalue weighted by Gasteiger charge is 2.16. The molecule has 1 N–H and O–H groups in total. The summed E-state index contributed by atoms with van der Waals surface area (Å²) in [4.78, 5) is 31.6. The molecule has 1 heterocycles. The second kappa shape index (κ2) is 6.60. The molecule has 0 aliphatic heterocycles. The molecule has 0 spiro atoms. The van der Waals surface area contributed by atoms with Crippen LogP contribution in [0.1, 0.15) is 33.3 Å². The van der Waals surface area contributed by atoms with Gasteiger partial charge in [0.2, 0.25) is 0 Å². The highest BCUT2D eigenvalue weighted by atomic mass is 16.5. The Morgan fingerprint density at radius 2 is 2.10 bits per heavy atom. The average Bonchev–Trinajstić information content (AvgIpc) is 2.54. The van der Waals surface area contributed by atoms with E-state index in [1.807, 2.05) is 6.92 Å². The first-order valence-corrected chi connectivity index (χ1v) is 6.45. The Balaban J connectivity index is 2.32. The van der Waals surface area contributed by atoms with Crippen LogP contribution in [0, 0.1) is 0 Å². The topological polar surface area (TPSA) is 81.2 Å². The Hall–Kier alpha value is -2.76. The number of amides is 1. The molecule has 0 bridgehead atoms. The number of ether oxygens (including phenoxy) is 1. The summed E-state index contributed by atoms with van der Waals surface area (Å²) in [5.41, 5.74) is 1.94. The minimum Gasteiger partial charge on any atom is -0.465 e. The first-order valence-electron chi connectivity index (χ1n) is 6.45. The van der Waals surface area contributed by atoms with Gasteiger partial charge in [0, 0.05) is 18.1 Å². The van der Waals surface area contributed by atoms with Crippen LogP contribution >= 0.6 is 0 Å². The van der Waals surface area contributed by atoms with Crippen molar-refractivity contribution in [3.8, 4) is 0 Å². The minimum absolute atomic E-state index is 0.211. The minimum atomic E-state index is -0.428. The lowest BCUT2D eigenvalue weighted by atomic mass is 10.0. The van der Waals surface area contributed by atoms with Crippen molar-refractivity contribution in [1.29, 1.82) is 0 Å². The van der Waals surface area contributed by atoms with Gasteiger partial charge in [0.15, 0.2) is 0 Å².